The van der Waals surface area contributed by atoms with E-state index in [9.17, 15) is 0 Å². The van der Waals surface area contributed by atoms with Crippen LogP contribution >= 0.6 is 11.8 Å². The van der Waals surface area contributed by atoms with Crippen molar-refractivity contribution in [2.24, 2.45) is 0 Å². The van der Waals surface area contributed by atoms with Crippen LogP contribution in [0.3, 0.4) is 0 Å². The molecule has 1 rings (SSSR count). The molecule has 0 N–H and O–H groups in total. The van der Waals surface area contributed by atoms with Gasteiger partial charge in [-0.25, -0.2) is 0 Å². The molecule has 4 heteroatoms. The highest BCUT2D eigenvalue weighted by molar-refractivity contribution is 8.12. The molecule has 0 saturated carbocycles. The van der Waals surface area contributed by atoms with Gasteiger partial charge in [0.05, 0.1) is 28.2 Å². The number of benzene rings is 1. The summed E-state index contributed by atoms with van der Waals surface area (Å²) < 4.78 is 2.15. The largest absolute Gasteiger partial charge is 1.00 e. The lowest BCUT2D eigenvalue weighted by molar-refractivity contribution is -0.466. The zero-order chi connectivity index (χ0) is 11.3. The Morgan fingerprint density at radius 1 is 1.19 bits per heavy atom. The van der Waals surface area contributed by atoms with Crippen LogP contribution < -0.4 is 12.4 Å². The number of hydrogen-bond donors (Lipinski definition) is 0. The molecule has 2 nitrogen and oxygen atoms in total. The van der Waals surface area contributed by atoms with E-state index in [1.54, 1.807) is 0 Å². The summed E-state index contributed by atoms with van der Waals surface area (Å²) in [4.78, 5) is 2.15. The zero-order valence-electron chi connectivity index (χ0n) is 10.3. The Morgan fingerprint density at radius 3 is 2.19 bits per heavy atom. The minimum absolute atomic E-state index is 0. The Kier molecular flexibility index (Phi) is 7.26. The van der Waals surface area contributed by atoms with E-state index in [2.05, 4.69) is 68.0 Å². The molecule has 16 heavy (non-hydrogen) atoms. The Balaban J connectivity index is 0.00000225. The number of halogens is 1. The quantitative estimate of drug-likeness (QED) is 0.386. The highest BCUT2D eigenvalue weighted by atomic mass is 35.5. The zero-order valence-corrected chi connectivity index (χ0v) is 11.8. The molecule has 0 saturated heterocycles. The fourth-order valence-electron chi connectivity index (χ4n) is 1.38. The number of thioether (sulfide) groups is 1. The molecule has 0 heterocycles. The molecule has 1 aromatic carbocycles. The topological polar surface area (TPSA) is 6.25 Å². The van der Waals surface area contributed by atoms with Gasteiger partial charge in [-0.15, -0.1) is 0 Å². The van der Waals surface area contributed by atoms with Crippen LogP contribution in [0.2, 0.25) is 0 Å². The van der Waals surface area contributed by atoms with E-state index in [0.29, 0.717) is 0 Å². The molecule has 0 fully saturated rings. The van der Waals surface area contributed by atoms with Crippen LogP contribution in [0.25, 0.3) is 0 Å². The lowest BCUT2D eigenvalue weighted by Gasteiger charge is -2.10. The minimum atomic E-state index is 0. The fourth-order valence-corrected chi connectivity index (χ4v) is 2.38. The molecule has 0 amide bonds. The van der Waals surface area contributed by atoms with Gasteiger partial charge in [-0.05, 0) is 17.3 Å². The highest BCUT2D eigenvalue weighted by Gasteiger charge is 2.11. The summed E-state index contributed by atoms with van der Waals surface area (Å²) in [6.45, 7) is 0. The molecular weight excluding hydrogens is 240 g/mol. The lowest BCUT2D eigenvalue weighted by atomic mass is 10.2. The van der Waals surface area contributed by atoms with Gasteiger partial charge >= 0.3 is 5.17 Å². The van der Waals surface area contributed by atoms with Gasteiger partial charge in [0.25, 0.3) is 0 Å². The van der Waals surface area contributed by atoms with Crippen LogP contribution in [0.1, 0.15) is 5.56 Å². The van der Waals surface area contributed by atoms with E-state index < -0.39 is 0 Å². The Morgan fingerprint density at radius 2 is 1.75 bits per heavy atom. The second kappa shape index (κ2) is 7.58. The van der Waals surface area contributed by atoms with Crippen LogP contribution in [0.5, 0.6) is 0 Å². The molecule has 0 aliphatic heterocycles. The first-order valence-corrected chi connectivity index (χ1v) is 5.98. The van der Waals surface area contributed by atoms with Crippen molar-refractivity contribution in [3.8, 4) is 0 Å². The first-order valence-electron chi connectivity index (χ1n) is 4.99. The summed E-state index contributed by atoms with van der Waals surface area (Å²) in [5, 5.41) is 1.28. The average Bonchev–Trinajstić information content (AvgIpc) is 2.18. The van der Waals surface area contributed by atoms with Gasteiger partial charge in [-0.2, -0.15) is 0 Å². The molecule has 0 radical (unpaired) electrons. The summed E-state index contributed by atoms with van der Waals surface area (Å²) in [6, 6.07) is 10.5. The van der Waals surface area contributed by atoms with E-state index in [4.69, 9.17) is 0 Å². The van der Waals surface area contributed by atoms with Crippen molar-refractivity contribution >= 4 is 16.9 Å². The molecule has 0 atom stereocenters. The first kappa shape index (κ1) is 15.3. The highest BCUT2D eigenvalue weighted by Crippen LogP contribution is 2.14. The van der Waals surface area contributed by atoms with Gasteiger partial charge in [0, 0.05) is 5.75 Å². The van der Waals surface area contributed by atoms with Crippen molar-refractivity contribution in [2.75, 3.05) is 28.2 Å². The van der Waals surface area contributed by atoms with Gasteiger partial charge in [-0.3, -0.25) is 9.48 Å². The van der Waals surface area contributed by atoms with E-state index in [-0.39, 0.29) is 12.4 Å². The third kappa shape index (κ3) is 4.90. The fraction of sp³-hybridized carbons (Fsp3) is 0.417. The average molecular weight is 259 g/mol. The molecule has 0 bridgehead atoms. The van der Waals surface area contributed by atoms with Crippen molar-refractivity contribution in [3.05, 3.63) is 35.9 Å². The smallest absolute Gasteiger partial charge is 0.307 e. The van der Waals surface area contributed by atoms with Crippen LogP contribution in [0.15, 0.2) is 30.3 Å². The molecule has 1 aromatic rings. The minimum Gasteiger partial charge on any atom is -1.00 e. The number of amidine groups is 1. The predicted octanol–water partition coefficient (Wildman–Crippen LogP) is -0.886. The summed E-state index contributed by atoms with van der Waals surface area (Å²) in [5.41, 5.74) is 1.36. The lowest BCUT2D eigenvalue weighted by Crippen LogP contribution is -3.00. The molecule has 0 unspecified atom stereocenters. The molecule has 0 aliphatic rings. The standard InChI is InChI=1S/C12H19N2S.ClH/c1-13(2)12(14(3)4)15-10-11-8-6-5-7-9-11;/h5-9H,10H2,1-4H3;1H/q+1;/p-1. The molecule has 0 spiro atoms. The van der Waals surface area contributed by atoms with Gasteiger partial charge in [0.1, 0.15) is 0 Å². The third-order valence-corrected chi connectivity index (χ3v) is 3.44. The summed E-state index contributed by atoms with van der Waals surface area (Å²) in [6.07, 6.45) is 0. The van der Waals surface area contributed by atoms with E-state index in [0.717, 1.165) is 5.75 Å². The summed E-state index contributed by atoms with van der Waals surface area (Å²) >= 11 is 1.86. The van der Waals surface area contributed by atoms with Crippen molar-refractivity contribution in [3.63, 3.8) is 0 Å². The van der Waals surface area contributed by atoms with Gasteiger partial charge in [-0.1, -0.05) is 30.3 Å². The second-order valence-electron chi connectivity index (χ2n) is 3.85. The second-order valence-corrected chi connectivity index (χ2v) is 4.79. The summed E-state index contributed by atoms with van der Waals surface area (Å²) in [7, 11) is 8.31. The monoisotopic (exact) mass is 258 g/mol. The Labute approximate surface area is 109 Å². The SMILES string of the molecule is CN(C)C(SCc1ccccc1)=[N+](C)C.[Cl-]. The molecule has 90 valence electrons. The number of nitrogens with zero attached hydrogens (tertiary/aromatic N) is 2. The van der Waals surface area contributed by atoms with Crippen LogP contribution in [-0.4, -0.2) is 42.8 Å². The maximum atomic E-state index is 2.16. The molecular formula is C12H19ClN2S. The van der Waals surface area contributed by atoms with Gasteiger partial charge in [0.2, 0.25) is 0 Å². The van der Waals surface area contributed by atoms with Gasteiger partial charge < -0.3 is 12.4 Å². The van der Waals surface area contributed by atoms with Crippen LogP contribution in [0.4, 0.5) is 0 Å². The third-order valence-electron chi connectivity index (χ3n) is 1.98. The van der Waals surface area contributed by atoms with Crippen LogP contribution in [0, 0.1) is 0 Å². The van der Waals surface area contributed by atoms with Gasteiger partial charge in [0.15, 0.2) is 0 Å². The Hall–Kier alpha value is -0.670. The maximum absolute atomic E-state index is 2.16. The number of rotatable bonds is 2. The molecule has 0 aromatic heterocycles. The predicted molar refractivity (Wildman–Crippen MR) is 68.5 cm³/mol. The van der Waals surface area contributed by atoms with E-state index >= 15 is 0 Å². The van der Waals surface area contributed by atoms with Crippen molar-refractivity contribution in [1.29, 1.82) is 0 Å². The normalized spacial score (nSPS) is 9.25. The van der Waals surface area contributed by atoms with E-state index in [1.807, 2.05) is 11.8 Å². The molecule has 0 aliphatic carbocycles. The van der Waals surface area contributed by atoms with Crippen molar-refractivity contribution < 1.29 is 17.0 Å². The number of hydrogen-bond acceptors (Lipinski definition) is 1. The van der Waals surface area contributed by atoms with Crippen LogP contribution in [-0.2, 0) is 5.75 Å². The summed E-state index contributed by atoms with van der Waals surface area (Å²) in [5.74, 6) is 1.02. The Bertz CT molecular complexity index is 332. The van der Waals surface area contributed by atoms with Crippen molar-refractivity contribution in [1.82, 2.24) is 4.90 Å². The maximum Gasteiger partial charge on any atom is 0.307 e. The van der Waals surface area contributed by atoms with Crippen molar-refractivity contribution in [2.45, 2.75) is 5.75 Å². The van der Waals surface area contributed by atoms with E-state index in [1.165, 1.54) is 10.7 Å². The first-order chi connectivity index (χ1) is 7.11.